The van der Waals surface area contributed by atoms with Crippen LogP contribution in [-0.2, 0) is 16.1 Å². The smallest absolute Gasteiger partial charge is 0.341 e. The van der Waals surface area contributed by atoms with E-state index in [0.29, 0.717) is 35.7 Å². The Morgan fingerprint density at radius 1 is 1.07 bits per heavy atom. The summed E-state index contributed by atoms with van der Waals surface area (Å²) in [6, 6.07) is 13.2. The van der Waals surface area contributed by atoms with Crippen molar-refractivity contribution in [3.8, 4) is 5.75 Å². The zero-order chi connectivity index (χ0) is 20.7. The van der Waals surface area contributed by atoms with Gasteiger partial charge in [0.2, 0.25) is 0 Å². The van der Waals surface area contributed by atoms with Crippen molar-refractivity contribution in [2.75, 3.05) is 13.2 Å². The van der Waals surface area contributed by atoms with Crippen molar-refractivity contribution in [1.82, 2.24) is 5.32 Å². The van der Waals surface area contributed by atoms with E-state index >= 15 is 0 Å². The molecule has 2 aromatic rings. The molecule has 0 saturated heterocycles. The second kappa shape index (κ2) is 9.37. The summed E-state index contributed by atoms with van der Waals surface area (Å²) in [4.78, 5) is 23.4. The zero-order valence-corrected chi connectivity index (χ0v) is 16.7. The van der Waals surface area contributed by atoms with Crippen LogP contribution in [0.1, 0.15) is 40.9 Å². The third-order valence-corrected chi connectivity index (χ3v) is 4.09. The average Bonchev–Trinajstić information content (AvgIpc) is 2.61. The Kier molecular flexibility index (Phi) is 7.18. The minimum atomic E-state index is -1.04. The van der Waals surface area contributed by atoms with E-state index < -0.39 is 18.1 Å². The Labute approximate surface area is 165 Å². The number of amides is 1. The normalized spacial score (nSPS) is 11.1. The van der Waals surface area contributed by atoms with Gasteiger partial charge in [-0.25, -0.2) is 4.79 Å². The first-order valence-electron chi connectivity index (χ1n) is 9.08. The number of aryl methyl sites for hydroxylation is 2. The van der Waals surface area contributed by atoms with Gasteiger partial charge in [-0.15, -0.1) is 0 Å². The molecule has 0 aliphatic heterocycles. The average molecular weight is 385 g/mol. The van der Waals surface area contributed by atoms with Crippen molar-refractivity contribution in [1.29, 1.82) is 0 Å². The summed E-state index contributed by atoms with van der Waals surface area (Å²) < 4.78 is 11.1. The largest absolute Gasteiger partial charge is 0.481 e. The molecule has 0 spiro atoms. The molecule has 6 nitrogen and oxygen atoms in total. The number of ether oxygens (including phenoxy) is 2. The third kappa shape index (κ3) is 6.39. The van der Waals surface area contributed by atoms with Crippen LogP contribution >= 0.6 is 0 Å². The number of benzene rings is 2. The number of rotatable bonds is 9. The van der Waals surface area contributed by atoms with Crippen molar-refractivity contribution in [2.45, 2.75) is 39.8 Å². The van der Waals surface area contributed by atoms with Crippen LogP contribution < -0.4 is 10.1 Å². The molecule has 0 unspecified atom stereocenters. The maximum absolute atomic E-state index is 12.7. The number of hydrogen-bond donors (Lipinski definition) is 2. The minimum absolute atomic E-state index is 0.218. The number of aliphatic carboxylic acids is 1. The zero-order valence-electron chi connectivity index (χ0n) is 16.7. The first-order valence-corrected chi connectivity index (χ1v) is 9.08. The highest BCUT2D eigenvalue weighted by molar-refractivity contribution is 5.95. The molecule has 28 heavy (non-hydrogen) atoms. The van der Waals surface area contributed by atoms with Crippen LogP contribution in [0.3, 0.4) is 0 Å². The summed E-state index contributed by atoms with van der Waals surface area (Å²) in [7, 11) is 0. The molecule has 0 saturated carbocycles. The van der Waals surface area contributed by atoms with Crippen LogP contribution in [0.5, 0.6) is 5.75 Å². The molecule has 0 radical (unpaired) electrons. The predicted octanol–water partition coefficient (Wildman–Crippen LogP) is 3.49. The topological polar surface area (TPSA) is 84.9 Å². The van der Waals surface area contributed by atoms with Gasteiger partial charge < -0.3 is 19.9 Å². The molecule has 0 bridgehead atoms. The van der Waals surface area contributed by atoms with Gasteiger partial charge >= 0.3 is 5.97 Å². The molecule has 150 valence electrons. The van der Waals surface area contributed by atoms with Gasteiger partial charge in [-0.05, 0) is 56.5 Å². The molecular weight excluding hydrogens is 358 g/mol. The van der Waals surface area contributed by atoms with Gasteiger partial charge in [-0.1, -0.05) is 30.3 Å². The quantitative estimate of drug-likeness (QED) is 0.690. The number of carbonyl (C=O) groups is 2. The summed E-state index contributed by atoms with van der Waals surface area (Å²) in [6.45, 7) is 7.81. The molecule has 1 amide bonds. The van der Waals surface area contributed by atoms with Crippen LogP contribution in [0, 0.1) is 13.8 Å². The summed E-state index contributed by atoms with van der Waals surface area (Å²) in [5.41, 5.74) is 2.45. The Morgan fingerprint density at radius 2 is 1.68 bits per heavy atom. The molecule has 0 aliphatic rings. The van der Waals surface area contributed by atoms with E-state index in [9.17, 15) is 9.59 Å². The van der Waals surface area contributed by atoms with Crippen LogP contribution in [0.2, 0.25) is 0 Å². The van der Waals surface area contributed by atoms with Gasteiger partial charge in [0.25, 0.3) is 5.91 Å². The van der Waals surface area contributed by atoms with E-state index in [1.807, 2.05) is 44.2 Å². The van der Waals surface area contributed by atoms with E-state index in [-0.39, 0.29) is 5.91 Å². The molecule has 0 atom stereocenters. The van der Waals surface area contributed by atoms with Crippen molar-refractivity contribution in [2.24, 2.45) is 0 Å². The van der Waals surface area contributed by atoms with Gasteiger partial charge in [0.1, 0.15) is 5.75 Å². The lowest BCUT2D eigenvalue weighted by atomic mass is 10.0. The van der Waals surface area contributed by atoms with Gasteiger partial charge in [-0.3, -0.25) is 4.79 Å². The Balaban J connectivity index is 1.97. The molecule has 6 heteroatoms. The standard InChI is InChI=1S/C22H27NO5/c1-15-10-18(11-16(2)20(15)28-13-19(24)25)21(26)23-22(3,4)14-27-12-17-8-6-5-7-9-17/h5-11H,12-14H2,1-4H3,(H,23,26)(H,24,25). The monoisotopic (exact) mass is 385 g/mol. The van der Waals surface area contributed by atoms with E-state index in [0.717, 1.165) is 5.56 Å². The lowest BCUT2D eigenvalue weighted by molar-refractivity contribution is -0.139. The summed E-state index contributed by atoms with van der Waals surface area (Å²) >= 11 is 0. The molecule has 2 rings (SSSR count). The van der Waals surface area contributed by atoms with Gasteiger partial charge in [0.05, 0.1) is 18.8 Å². The molecule has 0 aliphatic carbocycles. The van der Waals surface area contributed by atoms with E-state index in [1.54, 1.807) is 26.0 Å². The molecule has 0 aromatic heterocycles. The SMILES string of the molecule is Cc1cc(C(=O)NC(C)(C)COCc2ccccc2)cc(C)c1OCC(=O)O. The van der Waals surface area contributed by atoms with E-state index in [2.05, 4.69) is 5.32 Å². The highest BCUT2D eigenvalue weighted by Crippen LogP contribution is 2.25. The minimum Gasteiger partial charge on any atom is -0.481 e. The maximum Gasteiger partial charge on any atom is 0.341 e. The number of hydrogen-bond acceptors (Lipinski definition) is 4. The number of carboxylic acids is 1. The fraction of sp³-hybridized carbons (Fsp3) is 0.364. The number of carbonyl (C=O) groups excluding carboxylic acids is 1. The highest BCUT2D eigenvalue weighted by atomic mass is 16.5. The number of carboxylic acid groups (broad SMARTS) is 1. The van der Waals surface area contributed by atoms with Crippen LogP contribution in [0.25, 0.3) is 0 Å². The fourth-order valence-corrected chi connectivity index (χ4v) is 2.86. The second-order valence-electron chi connectivity index (χ2n) is 7.44. The predicted molar refractivity (Wildman–Crippen MR) is 107 cm³/mol. The van der Waals surface area contributed by atoms with Crippen molar-refractivity contribution < 1.29 is 24.2 Å². The number of nitrogens with one attached hydrogen (secondary N) is 1. The Morgan fingerprint density at radius 3 is 2.25 bits per heavy atom. The highest BCUT2D eigenvalue weighted by Gasteiger charge is 2.22. The van der Waals surface area contributed by atoms with Crippen LogP contribution in [0.4, 0.5) is 0 Å². The lowest BCUT2D eigenvalue weighted by Gasteiger charge is -2.26. The Bertz CT molecular complexity index is 807. The van der Waals surface area contributed by atoms with Gasteiger partial charge in [0, 0.05) is 5.56 Å². The Hall–Kier alpha value is -2.86. The van der Waals surface area contributed by atoms with E-state index in [1.165, 1.54) is 0 Å². The first kappa shape index (κ1) is 21.4. The first-order chi connectivity index (χ1) is 13.2. The van der Waals surface area contributed by atoms with Gasteiger partial charge in [-0.2, -0.15) is 0 Å². The lowest BCUT2D eigenvalue weighted by Crippen LogP contribution is -2.47. The molecule has 2 N–H and O–H groups in total. The molecule has 0 fully saturated rings. The molecular formula is C22H27NO5. The van der Waals surface area contributed by atoms with Gasteiger partial charge in [0.15, 0.2) is 6.61 Å². The second-order valence-corrected chi connectivity index (χ2v) is 7.44. The van der Waals surface area contributed by atoms with E-state index in [4.69, 9.17) is 14.6 Å². The fourth-order valence-electron chi connectivity index (χ4n) is 2.86. The van der Waals surface area contributed by atoms with Crippen molar-refractivity contribution in [3.05, 3.63) is 64.7 Å². The van der Waals surface area contributed by atoms with Crippen LogP contribution in [-0.4, -0.2) is 35.7 Å². The summed E-state index contributed by atoms with van der Waals surface area (Å²) in [5.74, 6) is -0.772. The maximum atomic E-state index is 12.7. The van der Waals surface area contributed by atoms with Crippen LogP contribution in [0.15, 0.2) is 42.5 Å². The third-order valence-electron chi connectivity index (χ3n) is 4.09. The molecule has 2 aromatic carbocycles. The van der Waals surface area contributed by atoms with Crippen molar-refractivity contribution in [3.63, 3.8) is 0 Å². The summed E-state index contributed by atoms with van der Waals surface area (Å²) in [6.07, 6.45) is 0. The molecule has 0 heterocycles. The summed E-state index contributed by atoms with van der Waals surface area (Å²) in [5, 5.41) is 11.8. The van der Waals surface area contributed by atoms with Crippen molar-refractivity contribution >= 4 is 11.9 Å².